The molecule has 2 unspecified atom stereocenters. The Morgan fingerprint density at radius 2 is 1.85 bits per heavy atom. The van der Waals surface area contributed by atoms with Gasteiger partial charge in [0.15, 0.2) is 6.19 Å². The lowest BCUT2D eigenvalue weighted by atomic mass is 9.87. The van der Waals surface area contributed by atoms with Gasteiger partial charge in [-0.05, 0) is 48.1 Å². The van der Waals surface area contributed by atoms with Crippen molar-refractivity contribution < 1.29 is 27.5 Å². The SMILES string of the molecule is CC(C)(C)c1ccc(N(C(=O)C2CCCN2C#N)C(C(=O)Nc2ccc(OC(F)(F)F)nc2)c2cccnc2)cc1. The van der Waals surface area contributed by atoms with Gasteiger partial charge in [0.1, 0.15) is 12.1 Å². The lowest BCUT2D eigenvalue weighted by Gasteiger charge is -2.34. The van der Waals surface area contributed by atoms with E-state index in [2.05, 4.69) is 47.0 Å². The molecule has 1 aliphatic rings. The number of nitriles is 1. The molecule has 214 valence electrons. The molecular weight excluding hydrogens is 537 g/mol. The van der Waals surface area contributed by atoms with Crippen LogP contribution in [0, 0.1) is 11.5 Å². The minimum Gasteiger partial charge on any atom is -0.388 e. The number of benzene rings is 1. The van der Waals surface area contributed by atoms with E-state index in [0.717, 1.165) is 17.8 Å². The van der Waals surface area contributed by atoms with Gasteiger partial charge in [-0.2, -0.15) is 5.26 Å². The fraction of sp³-hybridized carbons (Fsp3) is 0.345. The number of hydrogen-bond acceptors (Lipinski definition) is 7. The summed E-state index contributed by atoms with van der Waals surface area (Å²) in [6, 6.07) is 10.7. The summed E-state index contributed by atoms with van der Waals surface area (Å²) in [4.78, 5) is 38.5. The Hall–Kier alpha value is -4.66. The maximum absolute atomic E-state index is 14.1. The lowest BCUT2D eigenvalue weighted by molar-refractivity contribution is -0.276. The quantitative estimate of drug-likeness (QED) is 0.385. The summed E-state index contributed by atoms with van der Waals surface area (Å²) in [7, 11) is 0. The summed E-state index contributed by atoms with van der Waals surface area (Å²) in [6.45, 7) is 6.59. The number of amides is 2. The van der Waals surface area contributed by atoms with Crippen LogP contribution in [0.15, 0.2) is 67.1 Å². The molecule has 0 saturated carbocycles. The van der Waals surface area contributed by atoms with Crippen molar-refractivity contribution in [3.8, 4) is 12.1 Å². The molecule has 2 atom stereocenters. The van der Waals surface area contributed by atoms with Crippen molar-refractivity contribution >= 4 is 23.2 Å². The highest BCUT2D eigenvalue weighted by Gasteiger charge is 2.40. The van der Waals surface area contributed by atoms with Crippen molar-refractivity contribution in [1.29, 1.82) is 5.26 Å². The van der Waals surface area contributed by atoms with Crippen LogP contribution >= 0.6 is 0 Å². The van der Waals surface area contributed by atoms with E-state index in [1.54, 1.807) is 24.3 Å². The van der Waals surface area contributed by atoms with Crippen molar-refractivity contribution in [2.24, 2.45) is 0 Å². The molecule has 12 heteroatoms. The fourth-order valence-corrected chi connectivity index (χ4v) is 4.63. The van der Waals surface area contributed by atoms with Crippen molar-refractivity contribution in [3.05, 3.63) is 78.2 Å². The minimum absolute atomic E-state index is 0.0911. The second-order valence-electron chi connectivity index (χ2n) is 10.6. The molecule has 1 fully saturated rings. The van der Waals surface area contributed by atoms with E-state index in [-0.39, 0.29) is 11.1 Å². The van der Waals surface area contributed by atoms with Gasteiger partial charge in [-0.3, -0.25) is 24.4 Å². The molecule has 2 amide bonds. The Morgan fingerprint density at radius 3 is 2.41 bits per heavy atom. The number of carbonyl (C=O) groups is 2. The Morgan fingerprint density at radius 1 is 1.12 bits per heavy atom. The zero-order valence-corrected chi connectivity index (χ0v) is 22.7. The molecule has 1 saturated heterocycles. The van der Waals surface area contributed by atoms with Gasteiger partial charge >= 0.3 is 6.36 Å². The van der Waals surface area contributed by atoms with Crippen molar-refractivity contribution in [2.45, 2.75) is 57.5 Å². The number of halogens is 3. The van der Waals surface area contributed by atoms with E-state index < -0.39 is 36.1 Å². The highest BCUT2D eigenvalue weighted by atomic mass is 19.4. The van der Waals surface area contributed by atoms with Crippen LogP contribution in [-0.2, 0) is 15.0 Å². The number of alkyl halides is 3. The van der Waals surface area contributed by atoms with Crippen molar-refractivity contribution in [2.75, 3.05) is 16.8 Å². The standard InChI is InChI=1S/C29H29F3N6O3/c1-28(2,3)20-8-11-22(12-9-20)38(27(40)23-7-5-15-37(23)18-33)25(19-6-4-14-34-16-19)26(39)36-21-10-13-24(35-17-21)41-29(30,31)32/h4,6,8-14,16-17,23,25H,5,7,15H2,1-3H3,(H,36,39). The average molecular weight is 567 g/mol. The van der Waals surface area contributed by atoms with Crippen LogP contribution < -0.4 is 15.0 Å². The highest BCUT2D eigenvalue weighted by molar-refractivity contribution is 6.07. The number of ether oxygens (including phenoxy) is 1. The number of likely N-dealkylation sites (tertiary alicyclic amines) is 1. The zero-order chi connectivity index (χ0) is 29.8. The highest BCUT2D eigenvalue weighted by Crippen LogP contribution is 2.34. The molecular formula is C29H29F3N6O3. The van der Waals surface area contributed by atoms with E-state index in [0.29, 0.717) is 30.6 Å². The third kappa shape index (κ3) is 7.11. The smallest absolute Gasteiger partial charge is 0.388 e. The van der Waals surface area contributed by atoms with Crippen molar-refractivity contribution in [1.82, 2.24) is 14.9 Å². The summed E-state index contributed by atoms with van der Waals surface area (Å²) in [5, 5.41) is 12.3. The minimum atomic E-state index is -4.91. The molecule has 1 aromatic carbocycles. The molecule has 4 rings (SSSR count). The first kappa shape index (κ1) is 29.3. The number of anilines is 2. The van der Waals surface area contributed by atoms with E-state index in [4.69, 9.17) is 0 Å². The first-order valence-electron chi connectivity index (χ1n) is 12.9. The molecule has 0 aliphatic carbocycles. The molecule has 0 radical (unpaired) electrons. The fourth-order valence-electron chi connectivity index (χ4n) is 4.63. The molecule has 9 nitrogen and oxygen atoms in total. The first-order chi connectivity index (χ1) is 19.4. The van der Waals surface area contributed by atoms with E-state index in [9.17, 15) is 28.0 Å². The second-order valence-corrected chi connectivity index (χ2v) is 10.6. The second kappa shape index (κ2) is 11.8. The van der Waals surface area contributed by atoms with Gasteiger partial charge in [0.2, 0.25) is 5.88 Å². The van der Waals surface area contributed by atoms with Crippen LogP contribution in [0.2, 0.25) is 0 Å². The number of nitrogens with one attached hydrogen (secondary N) is 1. The summed E-state index contributed by atoms with van der Waals surface area (Å²) in [6.07, 6.45) is 2.26. The zero-order valence-electron chi connectivity index (χ0n) is 22.7. The number of rotatable bonds is 7. The molecule has 2 aromatic heterocycles. The van der Waals surface area contributed by atoms with Crippen LogP contribution in [0.1, 0.15) is 50.8 Å². The van der Waals surface area contributed by atoms with Gasteiger partial charge < -0.3 is 10.1 Å². The van der Waals surface area contributed by atoms with E-state index >= 15 is 0 Å². The van der Waals surface area contributed by atoms with E-state index in [1.165, 1.54) is 28.3 Å². The van der Waals surface area contributed by atoms with Crippen molar-refractivity contribution in [3.63, 3.8) is 0 Å². The predicted octanol–water partition coefficient (Wildman–Crippen LogP) is 5.33. The van der Waals surface area contributed by atoms with Gasteiger partial charge in [0.25, 0.3) is 11.8 Å². The maximum atomic E-state index is 14.1. The molecule has 0 spiro atoms. The molecule has 1 aliphatic heterocycles. The number of pyridine rings is 2. The predicted molar refractivity (Wildman–Crippen MR) is 144 cm³/mol. The van der Waals surface area contributed by atoms with E-state index in [1.807, 2.05) is 12.1 Å². The largest absolute Gasteiger partial charge is 0.574 e. The van der Waals surface area contributed by atoms with Gasteiger partial charge in [-0.25, -0.2) is 4.98 Å². The number of aromatic nitrogens is 2. The first-order valence-corrected chi connectivity index (χ1v) is 12.9. The third-order valence-electron chi connectivity index (χ3n) is 6.65. The van der Waals surface area contributed by atoms with Gasteiger partial charge in [-0.1, -0.05) is 39.0 Å². The van der Waals surface area contributed by atoms with Gasteiger partial charge in [0.05, 0.1) is 11.9 Å². The molecule has 3 heterocycles. The Bertz CT molecular complexity index is 1400. The monoisotopic (exact) mass is 566 g/mol. The summed E-state index contributed by atoms with van der Waals surface area (Å²) < 4.78 is 41.4. The van der Waals surface area contributed by atoms with Gasteiger partial charge in [0, 0.05) is 36.3 Å². The third-order valence-corrected chi connectivity index (χ3v) is 6.65. The molecule has 1 N–H and O–H groups in total. The number of nitrogens with zero attached hydrogens (tertiary/aromatic N) is 5. The molecule has 3 aromatic rings. The van der Waals surface area contributed by atoms with Crippen LogP contribution in [0.25, 0.3) is 0 Å². The Balaban J connectivity index is 1.75. The number of carbonyl (C=O) groups excluding carboxylic acids is 2. The van der Waals surface area contributed by atoms with Crippen LogP contribution in [0.5, 0.6) is 5.88 Å². The normalized spacial score (nSPS) is 16.0. The Kier molecular flexibility index (Phi) is 8.47. The van der Waals surface area contributed by atoms with Crippen LogP contribution in [0.4, 0.5) is 24.5 Å². The summed E-state index contributed by atoms with van der Waals surface area (Å²) in [5.41, 5.74) is 1.77. The summed E-state index contributed by atoms with van der Waals surface area (Å²) in [5.74, 6) is -1.78. The molecule has 0 bridgehead atoms. The maximum Gasteiger partial charge on any atom is 0.574 e. The topological polar surface area (TPSA) is 111 Å². The molecule has 41 heavy (non-hydrogen) atoms. The number of hydrogen-bond donors (Lipinski definition) is 1. The van der Waals surface area contributed by atoms with Crippen LogP contribution in [0.3, 0.4) is 0 Å². The van der Waals surface area contributed by atoms with Gasteiger partial charge in [-0.15, -0.1) is 13.2 Å². The Labute approximate surface area is 235 Å². The average Bonchev–Trinajstić information content (AvgIpc) is 3.41. The lowest BCUT2D eigenvalue weighted by Crippen LogP contribution is -2.49. The summed E-state index contributed by atoms with van der Waals surface area (Å²) >= 11 is 0. The van der Waals surface area contributed by atoms with Crippen LogP contribution in [-0.4, -0.2) is 45.6 Å².